The molecule has 10 heteroatoms. The van der Waals surface area contributed by atoms with Crippen molar-refractivity contribution in [3.05, 3.63) is 36.5 Å². The van der Waals surface area contributed by atoms with Gasteiger partial charge in [0.25, 0.3) is 0 Å². The van der Waals surface area contributed by atoms with E-state index in [2.05, 4.69) is 4.98 Å². The van der Waals surface area contributed by atoms with Crippen molar-refractivity contribution in [1.29, 1.82) is 0 Å². The summed E-state index contributed by atoms with van der Waals surface area (Å²) in [7, 11) is -3.62. The molecule has 0 bridgehead atoms. The number of aromatic nitrogens is 1. The molecule has 0 aliphatic heterocycles. The number of sulfonamides is 1. The smallest absolute Gasteiger partial charge is 0.475 e. The normalized spacial score (nSPS) is 11.6. The van der Waals surface area contributed by atoms with Crippen LogP contribution in [0.25, 0.3) is 10.9 Å². The van der Waals surface area contributed by atoms with Crippen LogP contribution in [0.4, 0.5) is 13.2 Å². The van der Waals surface area contributed by atoms with Gasteiger partial charge in [0, 0.05) is 11.6 Å². The molecule has 1 aromatic carbocycles. The Hall–Kier alpha value is -2.20. The summed E-state index contributed by atoms with van der Waals surface area (Å²) in [6, 6.07) is 8.13. The second-order valence-electron chi connectivity index (χ2n) is 3.71. The third-order valence-corrected chi connectivity index (χ3v) is 3.06. The molecule has 0 saturated heterocycles. The van der Waals surface area contributed by atoms with Crippen LogP contribution in [-0.2, 0) is 14.8 Å². The minimum Gasteiger partial charge on any atom is -0.475 e. The quantitative estimate of drug-likeness (QED) is 0.827. The predicted octanol–water partition coefficient (Wildman–Crippen LogP) is 1.52. The van der Waals surface area contributed by atoms with Gasteiger partial charge in [0.05, 0.1) is 10.4 Å². The fourth-order valence-electron chi connectivity index (χ4n) is 1.23. The van der Waals surface area contributed by atoms with Gasteiger partial charge >= 0.3 is 12.1 Å². The van der Waals surface area contributed by atoms with Gasteiger partial charge in [0.15, 0.2) is 0 Å². The highest BCUT2D eigenvalue weighted by Gasteiger charge is 2.38. The van der Waals surface area contributed by atoms with Gasteiger partial charge < -0.3 is 5.11 Å². The van der Waals surface area contributed by atoms with Crippen LogP contribution in [-0.4, -0.2) is 30.7 Å². The first kappa shape index (κ1) is 16.9. The summed E-state index contributed by atoms with van der Waals surface area (Å²) >= 11 is 0. The molecule has 0 aliphatic rings. The third kappa shape index (κ3) is 5.00. The minimum absolute atomic E-state index is 0.109. The van der Waals surface area contributed by atoms with Crippen LogP contribution in [0, 0.1) is 0 Å². The highest BCUT2D eigenvalue weighted by Crippen LogP contribution is 2.15. The van der Waals surface area contributed by atoms with E-state index in [0.717, 1.165) is 10.9 Å². The van der Waals surface area contributed by atoms with Gasteiger partial charge in [-0.15, -0.1) is 0 Å². The molecule has 1 heterocycles. The predicted molar refractivity (Wildman–Crippen MR) is 66.8 cm³/mol. The topological polar surface area (TPSA) is 110 Å². The number of carboxylic acids is 1. The summed E-state index contributed by atoms with van der Waals surface area (Å²) in [6.07, 6.45) is -3.43. The number of halogens is 3. The number of hydrogen-bond acceptors (Lipinski definition) is 4. The Morgan fingerprint density at radius 1 is 1.24 bits per heavy atom. The summed E-state index contributed by atoms with van der Waals surface area (Å²) in [5.41, 5.74) is 0.750. The highest BCUT2D eigenvalue weighted by atomic mass is 32.2. The van der Waals surface area contributed by atoms with E-state index in [1.807, 2.05) is 0 Å². The van der Waals surface area contributed by atoms with E-state index < -0.39 is 22.2 Å². The minimum atomic E-state index is -5.08. The number of pyridine rings is 1. The van der Waals surface area contributed by atoms with Gasteiger partial charge in [-0.05, 0) is 24.3 Å². The molecule has 3 N–H and O–H groups in total. The first-order valence-corrected chi connectivity index (χ1v) is 6.74. The molecule has 114 valence electrons. The number of fused-ring (bicyclic) bond motifs is 1. The van der Waals surface area contributed by atoms with E-state index in [1.165, 1.54) is 12.1 Å². The molecule has 2 aromatic rings. The lowest BCUT2D eigenvalue weighted by atomic mass is 10.2. The van der Waals surface area contributed by atoms with Gasteiger partial charge in [-0.2, -0.15) is 13.2 Å². The second kappa shape index (κ2) is 6.06. The third-order valence-electron chi connectivity index (χ3n) is 2.15. The number of alkyl halides is 3. The van der Waals surface area contributed by atoms with Crippen LogP contribution < -0.4 is 5.14 Å². The van der Waals surface area contributed by atoms with Crippen LogP contribution in [0.1, 0.15) is 0 Å². The van der Waals surface area contributed by atoms with E-state index in [9.17, 15) is 21.6 Å². The molecule has 1 aromatic heterocycles. The lowest BCUT2D eigenvalue weighted by Crippen LogP contribution is -2.21. The maximum Gasteiger partial charge on any atom is 0.490 e. The van der Waals surface area contributed by atoms with Crippen LogP contribution in [0.5, 0.6) is 0 Å². The summed E-state index contributed by atoms with van der Waals surface area (Å²) in [5, 5.41) is 12.9. The number of carboxylic acid groups (broad SMARTS) is 1. The summed E-state index contributed by atoms with van der Waals surface area (Å²) in [5.74, 6) is -2.76. The van der Waals surface area contributed by atoms with Gasteiger partial charge in [0.1, 0.15) is 0 Å². The van der Waals surface area contributed by atoms with Gasteiger partial charge in [-0.1, -0.05) is 6.07 Å². The van der Waals surface area contributed by atoms with Crippen molar-refractivity contribution in [2.75, 3.05) is 0 Å². The monoisotopic (exact) mass is 322 g/mol. The van der Waals surface area contributed by atoms with Gasteiger partial charge in [0.2, 0.25) is 10.0 Å². The molecule has 0 spiro atoms. The molecule has 21 heavy (non-hydrogen) atoms. The number of hydrogen-bond donors (Lipinski definition) is 2. The summed E-state index contributed by atoms with van der Waals surface area (Å²) < 4.78 is 53.8. The first-order chi connectivity index (χ1) is 9.51. The van der Waals surface area contributed by atoms with Crippen molar-refractivity contribution < 1.29 is 31.5 Å². The van der Waals surface area contributed by atoms with Gasteiger partial charge in [-0.25, -0.2) is 18.4 Å². The van der Waals surface area contributed by atoms with Crippen molar-refractivity contribution in [3.63, 3.8) is 0 Å². The molecule has 0 amide bonds. The Morgan fingerprint density at radius 3 is 2.29 bits per heavy atom. The lowest BCUT2D eigenvalue weighted by molar-refractivity contribution is -0.192. The number of benzene rings is 1. The highest BCUT2D eigenvalue weighted by molar-refractivity contribution is 7.89. The maximum atomic E-state index is 11.0. The average molecular weight is 322 g/mol. The van der Waals surface area contributed by atoms with Crippen LogP contribution in [0.2, 0.25) is 0 Å². The zero-order chi connectivity index (χ0) is 16.3. The van der Waals surface area contributed by atoms with E-state index in [4.69, 9.17) is 15.0 Å². The maximum absolute atomic E-state index is 11.0. The number of carbonyl (C=O) groups is 1. The number of rotatable bonds is 1. The Labute approximate surface area is 117 Å². The average Bonchev–Trinajstić information content (AvgIpc) is 2.36. The Kier molecular flexibility index (Phi) is 4.86. The fraction of sp³-hybridized carbons (Fsp3) is 0.0909. The van der Waals surface area contributed by atoms with E-state index in [1.54, 1.807) is 24.4 Å². The lowest BCUT2D eigenvalue weighted by Gasteiger charge is -1.99. The number of nitrogens with two attached hydrogens (primary N) is 1. The van der Waals surface area contributed by atoms with Crippen molar-refractivity contribution in [2.24, 2.45) is 5.14 Å². The van der Waals surface area contributed by atoms with E-state index in [0.29, 0.717) is 0 Å². The molecule has 0 aliphatic carbocycles. The van der Waals surface area contributed by atoms with Crippen LogP contribution in [0.3, 0.4) is 0 Å². The van der Waals surface area contributed by atoms with Gasteiger partial charge in [-0.3, -0.25) is 4.98 Å². The van der Waals surface area contributed by atoms with Crippen molar-refractivity contribution in [3.8, 4) is 0 Å². The van der Waals surface area contributed by atoms with Crippen LogP contribution in [0.15, 0.2) is 41.4 Å². The second-order valence-corrected chi connectivity index (χ2v) is 5.27. The number of primary sulfonamides is 1. The molecule has 0 radical (unpaired) electrons. The first-order valence-electron chi connectivity index (χ1n) is 5.19. The Balaban J connectivity index is 0.000000270. The molecule has 0 atom stereocenters. The van der Waals surface area contributed by atoms with E-state index >= 15 is 0 Å². The molecular weight excluding hydrogens is 313 g/mol. The van der Waals surface area contributed by atoms with Crippen molar-refractivity contribution >= 4 is 26.9 Å². The fourth-order valence-corrected chi connectivity index (χ4v) is 1.78. The standard InChI is InChI=1S/C9H8N2O2S.C2HF3O2/c10-14(12,13)8-3-4-9-7(6-8)2-1-5-11-9;3-2(4,5)1(6)7/h1-6H,(H2,10,12,13);(H,6,7). The zero-order valence-corrected chi connectivity index (χ0v) is 11.0. The largest absolute Gasteiger partial charge is 0.490 e. The number of nitrogens with zero attached hydrogens (tertiary/aromatic N) is 1. The Morgan fingerprint density at radius 2 is 1.81 bits per heavy atom. The van der Waals surface area contributed by atoms with Crippen molar-refractivity contribution in [2.45, 2.75) is 11.1 Å². The summed E-state index contributed by atoms with van der Waals surface area (Å²) in [6.45, 7) is 0. The number of aliphatic carboxylic acids is 1. The molecule has 0 saturated carbocycles. The zero-order valence-electron chi connectivity index (χ0n) is 10.2. The van der Waals surface area contributed by atoms with Crippen molar-refractivity contribution in [1.82, 2.24) is 4.98 Å². The van der Waals surface area contributed by atoms with Crippen LogP contribution >= 0.6 is 0 Å². The molecular formula is C11H9F3N2O4S. The Bertz CT molecular complexity index is 759. The molecule has 0 unspecified atom stereocenters. The summed E-state index contributed by atoms with van der Waals surface area (Å²) in [4.78, 5) is 13.1. The molecule has 0 fully saturated rings. The molecule has 2 rings (SSSR count). The van der Waals surface area contributed by atoms with E-state index in [-0.39, 0.29) is 4.90 Å². The molecule has 6 nitrogen and oxygen atoms in total. The SMILES string of the molecule is NS(=O)(=O)c1ccc2ncccc2c1.O=C(O)C(F)(F)F.